The van der Waals surface area contributed by atoms with E-state index >= 15 is 0 Å². The smallest absolute Gasteiger partial charge is 0.322 e. The maximum atomic E-state index is 11.3. The van der Waals surface area contributed by atoms with E-state index in [-0.39, 0.29) is 18.1 Å². The van der Waals surface area contributed by atoms with Crippen molar-refractivity contribution in [1.82, 2.24) is 10.3 Å². The zero-order chi connectivity index (χ0) is 13.5. The van der Waals surface area contributed by atoms with Crippen molar-refractivity contribution >= 4 is 5.97 Å². The molecule has 100 valence electrons. The lowest BCUT2D eigenvalue weighted by atomic mass is 10.2. The van der Waals surface area contributed by atoms with Crippen LogP contribution in [0.15, 0.2) is 18.3 Å². The molecule has 1 heterocycles. The molecule has 0 aliphatic heterocycles. The summed E-state index contributed by atoms with van der Waals surface area (Å²) in [5.41, 5.74) is 0.918. The van der Waals surface area contributed by atoms with Gasteiger partial charge < -0.3 is 14.8 Å². The summed E-state index contributed by atoms with van der Waals surface area (Å²) in [6.07, 6.45) is 1.75. The first-order valence-electron chi connectivity index (χ1n) is 5.96. The average molecular weight is 252 g/mol. The van der Waals surface area contributed by atoms with E-state index in [1.807, 2.05) is 26.0 Å². The fourth-order valence-corrected chi connectivity index (χ4v) is 1.41. The Labute approximate surface area is 108 Å². The number of methoxy groups -OCH3 is 1. The second-order valence-corrected chi connectivity index (χ2v) is 4.26. The second-order valence-electron chi connectivity index (χ2n) is 4.26. The maximum absolute atomic E-state index is 11.3. The highest BCUT2D eigenvalue weighted by molar-refractivity contribution is 5.75. The minimum absolute atomic E-state index is 0.0664. The van der Waals surface area contributed by atoms with Crippen molar-refractivity contribution in [2.24, 2.45) is 0 Å². The van der Waals surface area contributed by atoms with Crippen molar-refractivity contribution in [3.05, 3.63) is 23.9 Å². The van der Waals surface area contributed by atoms with E-state index in [0.717, 1.165) is 5.56 Å². The van der Waals surface area contributed by atoms with Gasteiger partial charge in [-0.05, 0) is 26.8 Å². The van der Waals surface area contributed by atoms with Gasteiger partial charge in [0, 0.05) is 18.3 Å². The summed E-state index contributed by atoms with van der Waals surface area (Å²) >= 11 is 0. The van der Waals surface area contributed by atoms with Crippen molar-refractivity contribution in [2.75, 3.05) is 7.11 Å². The van der Waals surface area contributed by atoms with Crippen LogP contribution in [0.5, 0.6) is 5.88 Å². The van der Waals surface area contributed by atoms with Crippen LogP contribution in [0.1, 0.15) is 26.3 Å². The van der Waals surface area contributed by atoms with Crippen molar-refractivity contribution in [3.8, 4) is 5.88 Å². The molecule has 1 rings (SSSR count). The predicted molar refractivity (Wildman–Crippen MR) is 68.3 cm³/mol. The van der Waals surface area contributed by atoms with Crippen molar-refractivity contribution < 1.29 is 14.3 Å². The first-order chi connectivity index (χ1) is 8.54. The molecule has 0 radical (unpaired) electrons. The number of esters is 1. The molecular formula is C13H20N2O3. The molecule has 0 saturated heterocycles. The molecule has 0 aliphatic carbocycles. The Kier molecular flexibility index (Phi) is 5.58. The summed E-state index contributed by atoms with van der Waals surface area (Å²) in [7, 11) is 1.37. The lowest BCUT2D eigenvalue weighted by molar-refractivity contribution is -0.142. The maximum Gasteiger partial charge on any atom is 0.322 e. The lowest BCUT2D eigenvalue weighted by Crippen LogP contribution is -2.34. The Morgan fingerprint density at radius 1 is 1.44 bits per heavy atom. The molecule has 0 aromatic carbocycles. The molecule has 0 fully saturated rings. The van der Waals surface area contributed by atoms with Crippen LogP contribution >= 0.6 is 0 Å². The molecule has 0 aliphatic rings. The van der Waals surface area contributed by atoms with Gasteiger partial charge in [0.05, 0.1) is 13.2 Å². The zero-order valence-corrected chi connectivity index (χ0v) is 11.3. The molecular weight excluding hydrogens is 232 g/mol. The van der Waals surface area contributed by atoms with Crippen LogP contribution in [0.3, 0.4) is 0 Å². The Bertz CT molecular complexity index is 394. The quantitative estimate of drug-likeness (QED) is 0.778. The largest absolute Gasteiger partial charge is 0.475 e. The number of hydrogen-bond acceptors (Lipinski definition) is 5. The van der Waals surface area contributed by atoms with E-state index in [4.69, 9.17) is 4.74 Å². The Morgan fingerprint density at radius 3 is 2.78 bits per heavy atom. The molecule has 18 heavy (non-hydrogen) atoms. The summed E-state index contributed by atoms with van der Waals surface area (Å²) in [6, 6.07) is 3.40. The highest BCUT2D eigenvalue weighted by atomic mass is 16.5. The van der Waals surface area contributed by atoms with E-state index in [0.29, 0.717) is 12.4 Å². The second kappa shape index (κ2) is 6.96. The minimum Gasteiger partial charge on any atom is -0.475 e. The van der Waals surface area contributed by atoms with Gasteiger partial charge in [0.1, 0.15) is 6.04 Å². The molecule has 1 unspecified atom stereocenters. The van der Waals surface area contributed by atoms with Crippen molar-refractivity contribution in [2.45, 2.75) is 39.5 Å². The van der Waals surface area contributed by atoms with Gasteiger partial charge in [-0.3, -0.25) is 4.79 Å². The van der Waals surface area contributed by atoms with Gasteiger partial charge in [-0.2, -0.15) is 0 Å². The van der Waals surface area contributed by atoms with Gasteiger partial charge in [-0.1, -0.05) is 6.07 Å². The van der Waals surface area contributed by atoms with Crippen LogP contribution in [0.4, 0.5) is 0 Å². The monoisotopic (exact) mass is 252 g/mol. The van der Waals surface area contributed by atoms with Gasteiger partial charge in [-0.25, -0.2) is 4.98 Å². The molecule has 0 spiro atoms. The zero-order valence-electron chi connectivity index (χ0n) is 11.3. The molecule has 5 nitrogen and oxygen atoms in total. The summed E-state index contributed by atoms with van der Waals surface area (Å²) in [6.45, 7) is 6.16. The average Bonchev–Trinajstić information content (AvgIpc) is 2.35. The molecule has 1 aromatic rings. The third kappa shape index (κ3) is 4.33. The number of carbonyl (C=O) groups excluding carboxylic acids is 1. The predicted octanol–water partition coefficient (Wildman–Crippen LogP) is 1.52. The van der Waals surface area contributed by atoms with Gasteiger partial charge >= 0.3 is 5.97 Å². The molecule has 0 bridgehead atoms. The summed E-state index contributed by atoms with van der Waals surface area (Å²) in [5.74, 6) is 0.308. The highest BCUT2D eigenvalue weighted by Crippen LogP contribution is 2.15. The molecule has 5 heteroatoms. The number of carbonyl (C=O) groups is 1. The number of nitrogens with zero attached hydrogens (tertiary/aromatic N) is 1. The Morgan fingerprint density at radius 2 is 2.17 bits per heavy atom. The van der Waals surface area contributed by atoms with E-state index in [1.54, 1.807) is 13.1 Å². The fraction of sp³-hybridized carbons (Fsp3) is 0.538. The van der Waals surface area contributed by atoms with Gasteiger partial charge in [-0.15, -0.1) is 0 Å². The Hall–Kier alpha value is -1.62. The molecule has 1 N–H and O–H groups in total. The van der Waals surface area contributed by atoms with E-state index in [2.05, 4.69) is 15.0 Å². The number of rotatable bonds is 6. The van der Waals surface area contributed by atoms with Gasteiger partial charge in [0.25, 0.3) is 0 Å². The molecule has 1 atom stereocenters. The standard InChI is InChI=1S/C13H20N2O3/c1-9(2)18-12-11(6-5-7-14-12)8-15-10(3)13(16)17-4/h5-7,9-10,15H,8H2,1-4H3. The van der Waals surface area contributed by atoms with E-state index in [1.165, 1.54) is 7.11 Å². The summed E-state index contributed by atoms with van der Waals surface area (Å²) < 4.78 is 10.2. The molecule has 0 saturated carbocycles. The first-order valence-corrected chi connectivity index (χ1v) is 5.96. The van der Waals surface area contributed by atoms with Crippen molar-refractivity contribution in [1.29, 1.82) is 0 Å². The number of aromatic nitrogens is 1. The fourth-order valence-electron chi connectivity index (χ4n) is 1.41. The third-order valence-electron chi connectivity index (χ3n) is 2.35. The number of pyridine rings is 1. The van der Waals surface area contributed by atoms with Crippen molar-refractivity contribution in [3.63, 3.8) is 0 Å². The SMILES string of the molecule is COC(=O)C(C)NCc1cccnc1OC(C)C. The van der Waals surface area contributed by atoms with E-state index < -0.39 is 0 Å². The summed E-state index contributed by atoms with van der Waals surface area (Å²) in [4.78, 5) is 15.4. The van der Waals surface area contributed by atoms with Crippen LogP contribution in [0, 0.1) is 0 Å². The topological polar surface area (TPSA) is 60.5 Å². The first kappa shape index (κ1) is 14.4. The van der Waals surface area contributed by atoms with Crippen LogP contribution in [-0.2, 0) is 16.1 Å². The lowest BCUT2D eigenvalue weighted by Gasteiger charge is -2.15. The van der Waals surface area contributed by atoms with Crippen LogP contribution in [0.25, 0.3) is 0 Å². The van der Waals surface area contributed by atoms with Crippen LogP contribution in [0.2, 0.25) is 0 Å². The normalized spacial score (nSPS) is 12.3. The van der Waals surface area contributed by atoms with Crippen LogP contribution in [-0.4, -0.2) is 30.2 Å². The summed E-state index contributed by atoms with van der Waals surface area (Å²) in [5, 5.41) is 3.07. The molecule has 0 amide bonds. The molecule has 1 aromatic heterocycles. The van der Waals surface area contributed by atoms with Crippen LogP contribution < -0.4 is 10.1 Å². The number of ether oxygens (including phenoxy) is 2. The number of nitrogens with one attached hydrogen (secondary N) is 1. The van der Waals surface area contributed by atoms with Gasteiger partial charge in [0.2, 0.25) is 5.88 Å². The Balaban J connectivity index is 2.64. The highest BCUT2D eigenvalue weighted by Gasteiger charge is 2.13. The number of hydrogen-bond donors (Lipinski definition) is 1. The van der Waals surface area contributed by atoms with E-state index in [9.17, 15) is 4.79 Å². The third-order valence-corrected chi connectivity index (χ3v) is 2.35. The minimum atomic E-state index is -0.359. The van der Waals surface area contributed by atoms with Gasteiger partial charge in [0.15, 0.2) is 0 Å².